The molecule has 4 aromatic rings. The van der Waals surface area contributed by atoms with E-state index in [1.165, 1.54) is 27.8 Å². The van der Waals surface area contributed by atoms with Crippen molar-refractivity contribution < 1.29 is 56.9 Å². The Bertz CT molecular complexity index is 1620. The van der Waals surface area contributed by atoms with Crippen molar-refractivity contribution in [1.82, 2.24) is 9.97 Å². The van der Waals surface area contributed by atoms with Gasteiger partial charge in [0.25, 0.3) is 0 Å². The number of anilines is 2. The molecule has 9 nitrogen and oxygen atoms in total. The van der Waals surface area contributed by atoms with Crippen LogP contribution in [0.5, 0.6) is 0 Å². The van der Waals surface area contributed by atoms with Crippen LogP contribution >= 0.6 is 36.3 Å². The third kappa shape index (κ3) is 10.2. The maximum Gasteiger partial charge on any atom is 1.00 e. The molecule has 4 aliphatic heterocycles. The van der Waals surface area contributed by atoms with E-state index in [0.717, 1.165) is 111 Å². The van der Waals surface area contributed by atoms with Gasteiger partial charge in [-0.05, 0) is 54.4 Å². The van der Waals surface area contributed by atoms with Gasteiger partial charge >= 0.3 is 62.7 Å². The van der Waals surface area contributed by atoms with Gasteiger partial charge in [0.2, 0.25) is 0 Å². The number of nitrogens with zero attached hydrogens (tertiary/aromatic N) is 6. The Kier molecular flexibility index (Phi) is 16.6. The van der Waals surface area contributed by atoms with E-state index in [2.05, 4.69) is 110 Å². The molecule has 0 bridgehead atoms. The van der Waals surface area contributed by atoms with E-state index in [1.807, 2.05) is 18.5 Å². The number of aryl methyl sites for hydroxylation is 1. The molecular weight excluding hydrogens is 858 g/mol. The van der Waals surface area contributed by atoms with Gasteiger partial charge in [0.15, 0.2) is 0 Å². The zero-order valence-corrected chi connectivity index (χ0v) is 34.6. The molecule has 0 N–H and O–H groups in total. The summed E-state index contributed by atoms with van der Waals surface area (Å²) in [5.41, 5.74) is 10.8. The predicted molar refractivity (Wildman–Crippen MR) is 198 cm³/mol. The molecule has 6 heterocycles. The fourth-order valence-electron chi connectivity index (χ4n) is 6.06. The van der Waals surface area contributed by atoms with Crippen molar-refractivity contribution in [1.29, 1.82) is 0 Å². The molecule has 0 spiro atoms. The predicted octanol–water partition coefficient (Wildman–Crippen LogP) is 2.47. The number of rotatable bonds is 4. The van der Waals surface area contributed by atoms with Crippen molar-refractivity contribution in [3.63, 3.8) is 0 Å². The minimum absolute atomic E-state index is 0. The van der Waals surface area contributed by atoms with Crippen LogP contribution in [0.15, 0.2) is 87.5 Å². The summed E-state index contributed by atoms with van der Waals surface area (Å²) in [4.78, 5) is 23.1. The molecule has 13 heteroatoms. The third-order valence-electron chi connectivity index (χ3n) is 8.36. The monoisotopic (exact) mass is 894 g/mol. The molecule has 2 aromatic carbocycles. The second-order valence-electron chi connectivity index (χ2n) is 11.3. The van der Waals surface area contributed by atoms with Gasteiger partial charge in [0.05, 0.1) is 50.9 Å². The summed E-state index contributed by atoms with van der Waals surface area (Å²) in [6.07, 6.45) is 3.76. The van der Waals surface area contributed by atoms with Crippen LogP contribution in [0.3, 0.4) is 0 Å². The minimum atomic E-state index is 0. The van der Waals surface area contributed by atoms with E-state index in [1.54, 1.807) is 20.3 Å². The topological polar surface area (TPSA) is 98.5 Å². The van der Waals surface area contributed by atoms with Crippen LogP contribution in [0.4, 0.5) is 11.6 Å². The van der Waals surface area contributed by atoms with Gasteiger partial charge < -0.3 is 24.4 Å². The summed E-state index contributed by atoms with van der Waals surface area (Å²) in [6.45, 7) is 10.3. The van der Waals surface area contributed by atoms with Crippen LogP contribution < -0.4 is 44.5 Å². The first-order valence-corrected chi connectivity index (χ1v) is 19.5. The molecule has 8 rings (SSSR count). The Morgan fingerprint density at radius 1 is 0.673 bits per heavy atom. The summed E-state index contributed by atoms with van der Waals surface area (Å²) >= 11 is 9.40. The second kappa shape index (κ2) is 20.4. The van der Waals surface area contributed by atoms with Crippen molar-refractivity contribution in [2.45, 2.75) is 20.0 Å². The molecule has 2 aromatic heterocycles. The normalized spacial score (nSPS) is 15.8. The first-order valence-electron chi connectivity index (χ1n) is 15.7. The standard InChI is InChI=1S/C18H19N3O.C17H16BrN3O.CH3O.Cu.HI.Na/c1-13-2-3-16-15(10-13)12-20-18(16)14-4-5-19-17(11-14)21-6-8-22-9-7-21;18-14-1-2-15-13(9-14)11-20-17(15)12-3-4-19-16(10-12)21-5-7-22-8-6-21;1-2;;;/h2-5,10-11H,6-9,12H2,1H3;1-4,9-10H,5-8,11H2;1H3;;1H;/q;;-1;+1;;+1/p-1. The van der Waals surface area contributed by atoms with E-state index in [-0.39, 0.29) is 29.6 Å². The molecule has 2 saturated heterocycles. The SMILES string of the molecule is Brc1ccc2c(c1)CN=C2c1ccnc(N2CCOCC2)c1.C[O-].Cc1ccc2c(c1)CN=C2c1ccnc(N2CCOCC2)c1.[Cu][I].[Na+]. The molecule has 0 radical (unpaired) electrons. The maximum absolute atomic E-state index is 8.25. The molecule has 0 saturated carbocycles. The molecule has 49 heavy (non-hydrogen) atoms. The van der Waals surface area contributed by atoms with Crippen LogP contribution in [-0.2, 0) is 35.3 Å². The van der Waals surface area contributed by atoms with E-state index < -0.39 is 0 Å². The summed E-state index contributed by atoms with van der Waals surface area (Å²) < 4.78 is 11.9. The summed E-state index contributed by atoms with van der Waals surface area (Å²) in [6, 6.07) is 21.3. The smallest absolute Gasteiger partial charge is 1.00 e. The van der Waals surface area contributed by atoms with Gasteiger partial charge in [-0.1, -0.05) is 45.8 Å². The van der Waals surface area contributed by atoms with Gasteiger partial charge in [-0.15, -0.1) is 0 Å². The zero-order valence-electron chi connectivity index (χ0n) is 28.0. The molecule has 256 valence electrons. The fraction of sp³-hybridized carbons (Fsp3) is 0.333. The average Bonchev–Trinajstić information content (AvgIpc) is 3.78. The molecule has 0 atom stereocenters. The molecule has 4 aliphatic rings. The number of ether oxygens (including phenoxy) is 2. The Balaban J connectivity index is 0.000000197. The number of benzene rings is 2. The summed E-state index contributed by atoms with van der Waals surface area (Å²) in [7, 11) is 0.750. The summed E-state index contributed by atoms with van der Waals surface area (Å²) in [5, 5.41) is 8.25. The first-order chi connectivity index (χ1) is 23.6. The van der Waals surface area contributed by atoms with Crippen LogP contribution in [-0.4, -0.2) is 81.1 Å². The van der Waals surface area contributed by atoms with E-state index in [0.29, 0.717) is 0 Å². The Hall–Kier alpha value is -1.71. The quantitative estimate of drug-likeness (QED) is 0.230. The number of aliphatic imine (C=N–C) groups is 2. The van der Waals surface area contributed by atoms with Crippen molar-refractivity contribution in [2.24, 2.45) is 9.98 Å². The Labute approximate surface area is 339 Å². The van der Waals surface area contributed by atoms with Gasteiger partial charge in [0, 0.05) is 65.3 Å². The van der Waals surface area contributed by atoms with Gasteiger partial charge in [-0.25, -0.2) is 9.97 Å². The third-order valence-corrected chi connectivity index (χ3v) is 8.85. The molecular formula is C36H38BrCuIN6NaO3. The number of morpholine rings is 2. The second-order valence-corrected chi connectivity index (χ2v) is 12.2. The minimum Gasteiger partial charge on any atom is 1.00 e. The summed E-state index contributed by atoms with van der Waals surface area (Å²) in [5.74, 6) is 2.03. The first kappa shape index (κ1) is 40.1. The number of fused-ring (bicyclic) bond motifs is 2. The van der Waals surface area contributed by atoms with Gasteiger partial charge in [0.1, 0.15) is 11.6 Å². The van der Waals surface area contributed by atoms with Gasteiger partial charge in [-0.2, -0.15) is 7.11 Å². The van der Waals surface area contributed by atoms with E-state index in [4.69, 9.17) is 24.6 Å². The Morgan fingerprint density at radius 2 is 1.12 bits per heavy atom. The molecule has 2 fully saturated rings. The number of pyridine rings is 2. The van der Waals surface area contributed by atoms with Crippen molar-refractivity contribution >= 4 is 59.3 Å². The van der Waals surface area contributed by atoms with E-state index >= 15 is 0 Å². The largest absolute Gasteiger partial charge is 1.00 e. The van der Waals surface area contributed by atoms with Crippen LogP contribution in [0, 0.1) is 6.92 Å². The fourth-order valence-corrected chi connectivity index (χ4v) is 6.47. The number of aromatic nitrogens is 2. The van der Waals surface area contributed by atoms with Crippen molar-refractivity contribution in [2.75, 3.05) is 69.5 Å². The Morgan fingerprint density at radius 3 is 1.61 bits per heavy atom. The average molecular weight is 896 g/mol. The number of hydrogen-bond donors (Lipinski definition) is 0. The number of halogens is 2. The van der Waals surface area contributed by atoms with E-state index in [9.17, 15) is 0 Å². The van der Waals surface area contributed by atoms with Gasteiger partial charge in [-0.3, -0.25) is 9.98 Å². The number of hydrogen-bond acceptors (Lipinski definition) is 9. The van der Waals surface area contributed by atoms with Crippen LogP contribution in [0.2, 0.25) is 0 Å². The molecule has 0 aliphatic carbocycles. The van der Waals surface area contributed by atoms with Crippen LogP contribution in [0.1, 0.15) is 38.9 Å². The van der Waals surface area contributed by atoms with Crippen LogP contribution in [0.25, 0.3) is 0 Å². The molecule has 0 amide bonds. The van der Waals surface area contributed by atoms with Crippen molar-refractivity contribution in [3.05, 3.63) is 116 Å². The van der Waals surface area contributed by atoms with Crippen molar-refractivity contribution in [3.8, 4) is 0 Å². The zero-order chi connectivity index (χ0) is 33.9. The molecule has 0 unspecified atom stereocenters. The maximum atomic E-state index is 8.25.